The predicted molar refractivity (Wildman–Crippen MR) is 191 cm³/mol. The number of halogens is 1. The molecular formula is C30H51IN4O3SSi3. The fraction of sp³-hybridized carbons (Fsp3) is 0.767. The minimum absolute atomic E-state index is 0.0348. The highest BCUT2D eigenvalue weighted by atomic mass is 127. The van der Waals surface area contributed by atoms with E-state index in [1.807, 2.05) is 18.1 Å². The number of thioether (sulfide) groups is 1. The zero-order valence-corrected chi connectivity index (χ0v) is 33.4. The average molecular weight is 759 g/mol. The van der Waals surface area contributed by atoms with Gasteiger partial charge in [-0.3, -0.25) is 0 Å². The maximum Gasteiger partial charge on any atom is 0.335 e. The van der Waals surface area contributed by atoms with Crippen LogP contribution in [0.1, 0.15) is 81.5 Å². The number of aromatic nitrogens is 4. The van der Waals surface area contributed by atoms with E-state index in [9.17, 15) is 0 Å². The number of alkyl halides is 1. The van der Waals surface area contributed by atoms with E-state index < -0.39 is 29.9 Å². The Morgan fingerprint density at radius 2 is 1.60 bits per heavy atom. The molecular weight excluding hydrogens is 708 g/mol. The molecule has 42 heavy (non-hydrogen) atoms. The van der Waals surface area contributed by atoms with E-state index in [4.69, 9.17) is 13.0 Å². The summed E-state index contributed by atoms with van der Waals surface area (Å²) in [6.45, 7) is 25.8. The van der Waals surface area contributed by atoms with Crippen LogP contribution in [0.25, 0.3) is 11.2 Å². The summed E-state index contributed by atoms with van der Waals surface area (Å²) in [6, 6.07) is 3.49. The van der Waals surface area contributed by atoms with Gasteiger partial charge in [-0.15, -0.1) is 17.3 Å². The van der Waals surface area contributed by atoms with Crippen LogP contribution in [0.2, 0.25) is 40.3 Å². The van der Waals surface area contributed by atoms with Crippen molar-refractivity contribution in [2.24, 2.45) is 0 Å². The predicted octanol–water partition coefficient (Wildman–Crippen LogP) is 8.62. The van der Waals surface area contributed by atoms with Crippen LogP contribution < -0.4 is 0 Å². The Labute approximate surface area is 275 Å². The lowest BCUT2D eigenvalue weighted by Gasteiger charge is -2.53. The summed E-state index contributed by atoms with van der Waals surface area (Å²) < 4.78 is 24.4. The molecule has 0 radical (unpaired) electrons. The van der Waals surface area contributed by atoms with Crippen molar-refractivity contribution in [3.05, 3.63) is 18.9 Å². The molecule has 4 atom stereocenters. The molecule has 234 valence electrons. The molecule has 2 aromatic rings. The van der Waals surface area contributed by atoms with Crippen molar-refractivity contribution in [2.75, 3.05) is 6.61 Å². The number of fused-ring (bicyclic) bond motifs is 2. The molecule has 7 nitrogen and oxygen atoms in total. The summed E-state index contributed by atoms with van der Waals surface area (Å²) in [5.74, 6) is 4.00. The van der Waals surface area contributed by atoms with Gasteiger partial charge in [0.25, 0.3) is 0 Å². The van der Waals surface area contributed by atoms with Crippen molar-refractivity contribution in [1.82, 2.24) is 19.5 Å². The Morgan fingerprint density at radius 1 is 1.00 bits per heavy atom. The van der Waals surface area contributed by atoms with Gasteiger partial charge in [-0.2, -0.15) is 0 Å². The van der Waals surface area contributed by atoms with Gasteiger partial charge < -0.3 is 17.5 Å². The quantitative estimate of drug-likeness (QED) is 0.116. The van der Waals surface area contributed by atoms with Gasteiger partial charge in [0.2, 0.25) is 0 Å². The molecule has 2 fully saturated rings. The second-order valence-corrected chi connectivity index (χ2v) is 30.0. The van der Waals surface area contributed by atoms with Crippen LogP contribution in [0.5, 0.6) is 0 Å². The van der Waals surface area contributed by atoms with E-state index in [1.165, 1.54) is 0 Å². The number of imidazole rings is 1. The third-order valence-electron chi connectivity index (χ3n) is 9.80. The first-order valence-electron chi connectivity index (χ1n) is 15.8. The highest BCUT2D eigenvalue weighted by Crippen LogP contribution is 2.58. The highest BCUT2D eigenvalue weighted by Gasteiger charge is 2.65. The van der Waals surface area contributed by atoms with Crippen LogP contribution in [0.15, 0.2) is 18.9 Å². The van der Waals surface area contributed by atoms with E-state index in [2.05, 4.69) is 130 Å². The molecule has 12 heteroatoms. The molecule has 2 aromatic heterocycles. The van der Waals surface area contributed by atoms with Crippen molar-refractivity contribution < 1.29 is 13.0 Å². The number of hydrogen-bond acceptors (Lipinski definition) is 7. The van der Waals surface area contributed by atoms with Gasteiger partial charge in [-0.1, -0.05) is 105 Å². The molecule has 4 heterocycles. The topological polar surface area (TPSA) is 71.3 Å². The molecule has 2 aliphatic heterocycles. The highest BCUT2D eigenvalue weighted by molar-refractivity contribution is 14.1. The summed E-state index contributed by atoms with van der Waals surface area (Å²) >= 11 is 4.53. The summed E-state index contributed by atoms with van der Waals surface area (Å²) in [7, 11) is -7.27. The molecule has 2 unspecified atom stereocenters. The Balaban J connectivity index is 1.98. The Morgan fingerprint density at radius 3 is 2.14 bits per heavy atom. The molecule has 0 N–H and O–H groups in total. The van der Waals surface area contributed by atoms with E-state index in [0.29, 0.717) is 6.61 Å². The fourth-order valence-corrected chi connectivity index (χ4v) is 24.4. The van der Waals surface area contributed by atoms with Crippen molar-refractivity contribution >= 4 is 70.7 Å². The summed E-state index contributed by atoms with van der Waals surface area (Å²) in [6.07, 6.45) is 5.16. The lowest BCUT2D eigenvalue weighted by molar-refractivity contribution is 0.0592. The van der Waals surface area contributed by atoms with E-state index in [-0.39, 0.29) is 37.6 Å². The first-order chi connectivity index (χ1) is 19.8. The minimum atomic E-state index is -2.81. The van der Waals surface area contributed by atoms with E-state index in [1.54, 1.807) is 12.5 Å². The molecule has 0 saturated carbocycles. The lowest BCUT2D eigenvalue weighted by Crippen LogP contribution is -2.67. The maximum atomic E-state index is 7.69. The normalized spacial score (nSPS) is 27.8. The van der Waals surface area contributed by atoms with Crippen molar-refractivity contribution in [3.63, 3.8) is 0 Å². The molecule has 0 spiro atoms. The van der Waals surface area contributed by atoms with Crippen LogP contribution in [-0.4, -0.2) is 66.1 Å². The lowest BCUT2D eigenvalue weighted by atomic mass is 10.0. The van der Waals surface area contributed by atoms with Gasteiger partial charge >= 0.3 is 17.1 Å². The second-order valence-electron chi connectivity index (χ2n) is 13.3. The van der Waals surface area contributed by atoms with Crippen molar-refractivity contribution in [3.8, 4) is 11.5 Å². The molecule has 0 amide bonds. The summed E-state index contributed by atoms with van der Waals surface area (Å²) in [5.41, 5.74) is 6.76. The van der Waals surface area contributed by atoms with Crippen LogP contribution in [-0.2, 0) is 13.0 Å². The van der Waals surface area contributed by atoms with Gasteiger partial charge in [0.05, 0.1) is 34.5 Å². The molecule has 0 bridgehead atoms. The smallest absolute Gasteiger partial charge is 0.335 e. The van der Waals surface area contributed by atoms with Crippen LogP contribution >= 0.6 is 34.4 Å². The van der Waals surface area contributed by atoms with Gasteiger partial charge in [-0.05, 0) is 40.3 Å². The zero-order valence-electron chi connectivity index (χ0n) is 27.4. The molecule has 2 aliphatic rings. The van der Waals surface area contributed by atoms with Gasteiger partial charge in [0, 0.05) is 0 Å². The van der Waals surface area contributed by atoms with Crippen LogP contribution in [0.4, 0.5) is 0 Å². The standard InChI is InChI=1S/C30H51IN4O3SSi3/c1-12-40(13-2,14-3)16-15-30-18-36-41(21(4)5,22(6)7)38-42(23(8)9,24(10)11)37-27(30)26(31)29(39-30)35-20-34-25-17-32-19-33-28(25)35/h17,19-24,26-27,29H,12-14,18H2,1-11H3/t26?,27-,29?,30+/m0/s1. The SMILES string of the molecule is CC[Si](C#C[C@@]12CO[Si](C(C)C)(C(C)C)O[Si](C(C)C)(C(C)C)O[C@H]1C(I)C(n1cnc3cncnc31)S2)(CC)CC. The monoisotopic (exact) mass is 758 g/mol. The van der Waals surface area contributed by atoms with Crippen LogP contribution in [0, 0.1) is 11.5 Å². The summed E-state index contributed by atoms with van der Waals surface area (Å²) in [4.78, 5) is 13.5. The maximum absolute atomic E-state index is 7.69. The Kier molecular flexibility index (Phi) is 10.9. The van der Waals surface area contributed by atoms with Gasteiger partial charge in [0.1, 0.15) is 24.7 Å². The number of rotatable bonds is 8. The Hall–Kier alpha value is -0.279. The molecule has 2 saturated heterocycles. The van der Waals surface area contributed by atoms with Crippen molar-refractivity contribution in [1.29, 1.82) is 0 Å². The summed E-state index contributed by atoms with van der Waals surface area (Å²) in [5, 5.41) is 0.0348. The fourth-order valence-electron chi connectivity index (χ4n) is 6.73. The van der Waals surface area contributed by atoms with Crippen LogP contribution in [0.3, 0.4) is 0 Å². The molecule has 4 rings (SSSR count). The molecule has 0 aliphatic carbocycles. The van der Waals surface area contributed by atoms with Gasteiger partial charge in [-0.25, -0.2) is 15.0 Å². The van der Waals surface area contributed by atoms with E-state index in [0.717, 1.165) is 29.3 Å². The largest absolute Gasteiger partial charge is 0.414 e. The average Bonchev–Trinajstić information content (AvgIpc) is 3.48. The third kappa shape index (κ3) is 5.87. The number of hydrogen-bond donors (Lipinski definition) is 0. The third-order valence-corrected chi connectivity index (χ3v) is 28.2. The second kappa shape index (κ2) is 13.2. The van der Waals surface area contributed by atoms with Crippen molar-refractivity contribution in [2.45, 2.75) is 137 Å². The van der Waals surface area contributed by atoms with E-state index >= 15 is 0 Å². The number of nitrogens with zero attached hydrogens (tertiary/aromatic N) is 4. The zero-order chi connectivity index (χ0) is 31.1. The first-order valence-corrected chi connectivity index (χ1v) is 24.5. The molecule has 0 aromatic carbocycles. The Bertz CT molecular complexity index is 1270. The minimum Gasteiger partial charge on any atom is -0.414 e. The first kappa shape index (κ1) is 34.6. The van der Waals surface area contributed by atoms with Gasteiger partial charge in [0.15, 0.2) is 5.65 Å².